The molecule has 12 heteroatoms. The van der Waals surface area contributed by atoms with Crippen LogP contribution in [0.4, 0.5) is 38.3 Å². The molecule has 0 N–H and O–H groups in total. The smallest absolute Gasteiger partial charge is 0.374 e. The zero-order valence-corrected chi connectivity index (χ0v) is 22.5. The highest BCUT2D eigenvalue weighted by molar-refractivity contribution is 5.94. The predicted octanol–water partition coefficient (Wildman–Crippen LogP) is 5.70. The first-order valence-corrected chi connectivity index (χ1v) is 13.6. The first-order chi connectivity index (χ1) is 19.5. The van der Waals surface area contributed by atoms with Crippen molar-refractivity contribution in [3.05, 3.63) is 76.7 Å². The van der Waals surface area contributed by atoms with E-state index in [9.17, 15) is 26.7 Å². The van der Waals surface area contributed by atoms with E-state index in [1.54, 1.807) is 17.2 Å². The summed E-state index contributed by atoms with van der Waals surface area (Å²) >= 11 is 0. The highest BCUT2D eigenvalue weighted by Crippen LogP contribution is 2.37. The van der Waals surface area contributed by atoms with E-state index in [0.717, 1.165) is 11.6 Å². The lowest BCUT2D eigenvalue weighted by Gasteiger charge is -2.43. The van der Waals surface area contributed by atoms with Crippen LogP contribution < -0.4 is 9.80 Å². The van der Waals surface area contributed by atoms with Crippen LogP contribution in [0.3, 0.4) is 0 Å². The molecule has 0 atom stereocenters. The molecular formula is C29H30F5N5O2. The Morgan fingerprint density at radius 2 is 1.80 bits per heavy atom. The molecule has 0 aliphatic carbocycles. The summed E-state index contributed by atoms with van der Waals surface area (Å²) in [4.78, 5) is 18.8. The summed E-state index contributed by atoms with van der Waals surface area (Å²) in [7, 11) is 0. The Kier molecular flexibility index (Phi) is 6.91. The van der Waals surface area contributed by atoms with E-state index >= 15 is 0 Å². The standard InChI is InChI=1S/C29H30F5N5O2/c1-19-5-4-8-24(30)25(19)36-11-9-22(10-12-36)38-15-21-13-37(16-28(31)17-41-18-28)35-26(21)39(27(38)40)14-20-6-2-3-7-23(20)29(32,33)34/h2-8,13,22H,9-12,14-18H2,1H3. The predicted molar refractivity (Wildman–Crippen MR) is 142 cm³/mol. The third-order valence-corrected chi connectivity index (χ3v) is 8.12. The quantitative estimate of drug-likeness (QED) is 0.354. The van der Waals surface area contributed by atoms with Gasteiger partial charge >= 0.3 is 12.2 Å². The summed E-state index contributed by atoms with van der Waals surface area (Å²) in [6.07, 6.45) is -1.82. The van der Waals surface area contributed by atoms with Gasteiger partial charge in [0.25, 0.3) is 0 Å². The molecule has 41 heavy (non-hydrogen) atoms. The molecule has 0 saturated carbocycles. The molecule has 2 fully saturated rings. The number of anilines is 2. The Morgan fingerprint density at radius 3 is 2.46 bits per heavy atom. The number of amides is 2. The topological polar surface area (TPSA) is 53.8 Å². The maximum absolute atomic E-state index is 14.8. The first kappa shape index (κ1) is 27.5. The van der Waals surface area contributed by atoms with Gasteiger partial charge in [-0.2, -0.15) is 18.3 Å². The number of benzene rings is 2. The second-order valence-corrected chi connectivity index (χ2v) is 11.1. The SMILES string of the molecule is Cc1cccc(F)c1N1CCC(N2Cc3cn(CC4(F)COC4)nc3N(Cc3ccccc3C(F)(F)F)C2=O)CC1. The molecule has 3 aliphatic heterocycles. The van der Waals surface area contributed by atoms with Crippen LogP contribution in [-0.2, 0) is 30.5 Å². The average Bonchev–Trinajstić information content (AvgIpc) is 3.31. The van der Waals surface area contributed by atoms with Gasteiger partial charge in [0.1, 0.15) is 5.82 Å². The van der Waals surface area contributed by atoms with Crippen LogP contribution >= 0.6 is 0 Å². The summed E-state index contributed by atoms with van der Waals surface area (Å²) in [6, 6.07) is 9.43. The fourth-order valence-electron chi connectivity index (χ4n) is 6.03. The van der Waals surface area contributed by atoms with Crippen molar-refractivity contribution in [2.24, 2.45) is 0 Å². The molecule has 218 valence electrons. The molecule has 3 aliphatic rings. The average molecular weight is 576 g/mol. The largest absolute Gasteiger partial charge is 0.416 e. The number of hydrogen-bond donors (Lipinski definition) is 0. The van der Waals surface area contributed by atoms with Gasteiger partial charge in [0, 0.05) is 30.9 Å². The van der Waals surface area contributed by atoms with Crippen molar-refractivity contribution in [2.75, 3.05) is 36.1 Å². The van der Waals surface area contributed by atoms with Crippen molar-refractivity contribution in [1.29, 1.82) is 0 Å². The van der Waals surface area contributed by atoms with Gasteiger partial charge < -0.3 is 14.5 Å². The molecule has 1 aromatic heterocycles. The van der Waals surface area contributed by atoms with E-state index in [0.29, 0.717) is 37.2 Å². The number of carbonyl (C=O) groups excluding carboxylic acids is 1. The number of piperidine rings is 1. The Bertz CT molecular complexity index is 1430. The summed E-state index contributed by atoms with van der Waals surface area (Å²) in [6.45, 7) is 2.54. The maximum atomic E-state index is 14.8. The molecular weight excluding hydrogens is 545 g/mol. The molecule has 2 saturated heterocycles. The molecule has 7 nitrogen and oxygen atoms in total. The number of aryl methyl sites for hydroxylation is 1. The van der Waals surface area contributed by atoms with E-state index < -0.39 is 23.4 Å². The summed E-state index contributed by atoms with van der Waals surface area (Å²) in [5.74, 6) is -0.0713. The minimum absolute atomic E-state index is 0.0603. The minimum Gasteiger partial charge on any atom is -0.374 e. The highest BCUT2D eigenvalue weighted by Gasteiger charge is 2.43. The Hall–Kier alpha value is -3.67. The van der Waals surface area contributed by atoms with Crippen molar-refractivity contribution in [3.8, 4) is 0 Å². The van der Waals surface area contributed by atoms with Gasteiger partial charge in [0.05, 0.1) is 44.1 Å². The number of fused-ring (bicyclic) bond motifs is 1. The molecule has 6 rings (SSSR count). The normalized spacial score (nSPS) is 19.4. The van der Waals surface area contributed by atoms with E-state index in [2.05, 4.69) is 5.10 Å². The van der Waals surface area contributed by atoms with Crippen LogP contribution in [0.15, 0.2) is 48.7 Å². The minimum atomic E-state index is -4.60. The lowest BCUT2D eigenvalue weighted by atomic mass is 10.00. The molecule has 3 aromatic rings. The first-order valence-electron chi connectivity index (χ1n) is 13.6. The van der Waals surface area contributed by atoms with Gasteiger partial charge in [0.15, 0.2) is 11.5 Å². The van der Waals surface area contributed by atoms with Crippen LogP contribution in [0.2, 0.25) is 0 Å². The number of hydrogen-bond acceptors (Lipinski definition) is 4. The van der Waals surface area contributed by atoms with Crippen molar-refractivity contribution in [2.45, 2.75) is 57.3 Å². The number of urea groups is 1. The van der Waals surface area contributed by atoms with E-state index in [1.165, 1.54) is 33.8 Å². The Balaban J connectivity index is 1.28. The van der Waals surface area contributed by atoms with Gasteiger partial charge in [0.2, 0.25) is 0 Å². The summed E-state index contributed by atoms with van der Waals surface area (Å²) < 4.78 is 77.3. The van der Waals surface area contributed by atoms with Gasteiger partial charge in [-0.05, 0) is 43.0 Å². The number of alkyl halides is 4. The van der Waals surface area contributed by atoms with Crippen LogP contribution in [0, 0.1) is 12.7 Å². The number of carbonyl (C=O) groups is 1. The third-order valence-electron chi connectivity index (χ3n) is 8.12. The van der Waals surface area contributed by atoms with Gasteiger partial charge in [-0.25, -0.2) is 13.6 Å². The van der Waals surface area contributed by atoms with E-state index in [4.69, 9.17) is 4.74 Å². The monoisotopic (exact) mass is 575 g/mol. The van der Waals surface area contributed by atoms with Crippen molar-refractivity contribution in [1.82, 2.24) is 14.7 Å². The van der Waals surface area contributed by atoms with Crippen LogP contribution in [0.5, 0.6) is 0 Å². The molecule has 0 unspecified atom stereocenters. The van der Waals surface area contributed by atoms with E-state index in [-0.39, 0.29) is 56.1 Å². The lowest BCUT2D eigenvalue weighted by Crippen LogP contribution is -2.54. The summed E-state index contributed by atoms with van der Waals surface area (Å²) in [5.41, 5.74) is -0.463. The summed E-state index contributed by atoms with van der Waals surface area (Å²) in [5, 5.41) is 4.46. The van der Waals surface area contributed by atoms with Crippen molar-refractivity contribution < 1.29 is 31.5 Å². The number of aromatic nitrogens is 2. The number of nitrogens with zero attached hydrogens (tertiary/aromatic N) is 5. The number of rotatable bonds is 6. The zero-order chi connectivity index (χ0) is 28.9. The number of halogens is 5. The Labute approximate surface area is 234 Å². The van der Waals surface area contributed by atoms with Crippen LogP contribution in [0.25, 0.3) is 0 Å². The van der Waals surface area contributed by atoms with Crippen LogP contribution in [0.1, 0.15) is 35.1 Å². The molecule has 2 amide bonds. The van der Waals surface area contributed by atoms with Crippen LogP contribution in [-0.4, -0.2) is 58.7 Å². The molecule has 0 radical (unpaired) electrons. The second-order valence-electron chi connectivity index (χ2n) is 11.1. The maximum Gasteiger partial charge on any atom is 0.416 e. The van der Waals surface area contributed by atoms with Crippen molar-refractivity contribution >= 4 is 17.5 Å². The Morgan fingerprint density at radius 1 is 1.07 bits per heavy atom. The second kappa shape index (κ2) is 10.3. The molecule has 0 spiro atoms. The highest BCUT2D eigenvalue weighted by atomic mass is 19.4. The van der Waals surface area contributed by atoms with Crippen molar-refractivity contribution in [3.63, 3.8) is 0 Å². The van der Waals surface area contributed by atoms with Gasteiger partial charge in [-0.15, -0.1) is 0 Å². The van der Waals surface area contributed by atoms with E-state index in [1.807, 2.05) is 17.9 Å². The van der Waals surface area contributed by atoms with Gasteiger partial charge in [-0.3, -0.25) is 9.58 Å². The molecule has 0 bridgehead atoms. The third kappa shape index (κ3) is 5.25. The molecule has 2 aromatic carbocycles. The van der Waals surface area contributed by atoms with Gasteiger partial charge in [-0.1, -0.05) is 30.3 Å². The fourth-order valence-corrected chi connectivity index (χ4v) is 6.03. The number of ether oxygens (including phenoxy) is 1. The molecule has 4 heterocycles. The lowest BCUT2D eigenvalue weighted by molar-refractivity contribution is -0.138. The fraction of sp³-hybridized carbons (Fsp3) is 0.448. The zero-order valence-electron chi connectivity index (χ0n) is 22.5. The number of para-hydroxylation sites is 1.